The van der Waals surface area contributed by atoms with E-state index >= 15 is 0 Å². The lowest BCUT2D eigenvalue weighted by Crippen LogP contribution is -1.81. The highest BCUT2D eigenvalue weighted by Crippen LogP contribution is 2.29. The van der Waals surface area contributed by atoms with Crippen LogP contribution in [0.3, 0.4) is 0 Å². The van der Waals surface area contributed by atoms with E-state index in [-0.39, 0.29) is 0 Å². The number of ether oxygens (including phenoxy) is 1. The van der Waals surface area contributed by atoms with Crippen molar-refractivity contribution in [3.05, 3.63) is 29.5 Å². The van der Waals surface area contributed by atoms with Gasteiger partial charge in [0.2, 0.25) is 0 Å². The van der Waals surface area contributed by atoms with Gasteiger partial charge in [-0.15, -0.1) is 0 Å². The smallest absolute Gasteiger partial charge is 0.139 e. The topological polar surface area (TPSA) is 22.4 Å². The third-order valence-corrected chi connectivity index (χ3v) is 1.95. The molecule has 0 aliphatic carbocycles. The van der Waals surface area contributed by atoms with Gasteiger partial charge in [-0.3, -0.25) is 0 Å². The Bertz CT molecular complexity index is 406. The van der Waals surface area contributed by atoms with E-state index in [9.17, 15) is 0 Å². The minimum Gasteiger partial charge on any atom is -0.497 e. The normalized spacial score (nSPS) is 10.5. The maximum absolute atomic E-state index is 5.91. The van der Waals surface area contributed by atoms with Gasteiger partial charge in [-0.1, -0.05) is 11.6 Å². The number of hydrogen-bond acceptors (Lipinski definition) is 2. The minimum absolute atomic E-state index is 0.595. The van der Waals surface area contributed by atoms with Crippen molar-refractivity contribution in [2.24, 2.45) is 0 Å². The standard InChI is InChI=1S/C9H6ClO2/c1-11-6-4-8(10)7-2-3-12-9(7)5-6/h3-5H,1H3. The van der Waals surface area contributed by atoms with E-state index in [1.807, 2.05) is 0 Å². The van der Waals surface area contributed by atoms with Crippen LogP contribution in [-0.2, 0) is 0 Å². The molecule has 0 atom stereocenters. The summed E-state index contributed by atoms with van der Waals surface area (Å²) in [7, 11) is 1.59. The van der Waals surface area contributed by atoms with Crippen molar-refractivity contribution in [3.63, 3.8) is 0 Å². The highest BCUT2D eigenvalue weighted by molar-refractivity contribution is 6.35. The summed E-state index contributed by atoms with van der Waals surface area (Å²) in [5.74, 6) is 0.691. The summed E-state index contributed by atoms with van der Waals surface area (Å²) in [5.41, 5.74) is 0.694. The number of hydrogen-bond donors (Lipinski definition) is 0. The molecule has 2 aromatic rings. The van der Waals surface area contributed by atoms with Crippen LogP contribution in [0.2, 0.25) is 5.02 Å². The molecule has 0 amide bonds. The average molecular weight is 182 g/mol. The molecule has 0 fully saturated rings. The Kier molecular flexibility index (Phi) is 1.70. The van der Waals surface area contributed by atoms with Gasteiger partial charge in [0.05, 0.1) is 18.4 Å². The Hall–Kier alpha value is -1.15. The second-order valence-electron chi connectivity index (χ2n) is 2.36. The largest absolute Gasteiger partial charge is 0.497 e. The third-order valence-electron chi connectivity index (χ3n) is 1.65. The first kappa shape index (κ1) is 7.50. The zero-order valence-corrected chi connectivity index (χ0v) is 7.18. The number of rotatable bonds is 1. The van der Waals surface area contributed by atoms with E-state index in [2.05, 4.69) is 6.07 Å². The number of halogens is 1. The number of methoxy groups -OCH3 is 1. The molecule has 2 rings (SSSR count). The maximum atomic E-state index is 5.91. The molecule has 0 bridgehead atoms. The Morgan fingerprint density at radius 3 is 3.08 bits per heavy atom. The Labute approximate surface area is 74.7 Å². The summed E-state index contributed by atoms with van der Waals surface area (Å²) in [6, 6.07) is 6.39. The lowest BCUT2D eigenvalue weighted by Gasteiger charge is -1.99. The van der Waals surface area contributed by atoms with Crippen LogP contribution in [0, 0.1) is 6.07 Å². The molecule has 61 valence electrons. The molecule has 0 saturated carbocycles. The molecule has 0 aliphatic heterocycles. The van der Waals surface area contributed by atoms with Gasteiger partial charge in [0, 0.05) is 17.5 Å². The predicted octanol–water partition coefficient (Wildman–Crippen LogP) is 2.89. The van der Waals surface area contributed by atoms with Crippen LogP contribution in [0.5, 0.6) is 5.75 Å². The second-order valence-corrected chi connectivity index (χ2v) is 2.77. The first-order valence-corrected chi connectivity index (χ1v) is 3.81. The van der Waals surface area contributed by atoms with Crippen LogP contribution < -0.4 is 4.74 Å². The average Bonchev–Trinajstić information content (AvgIpc) is 2.52. The zero-order chi connectivity index (χ0) is 8.55. The molecule has 1 radical (unpaired) electrons. The van der Waals surface area contributed by atoms with Gasteiger partial charge in [-0.25, -0.2) is 0 Å². The lowest BCUT2D eigenvalue weighted by molar-refractivity contribution is 0.414. The van der Waals surface area contributed by atoms with Crippen molar-refractivity contribution >= 4 is 22.6 Å². The van der Waals surface area contributed by atoms with Crippen molar-refractivity contribution in [2.45, 2.75) is 0 Å². The molecule has 3 heteroatoms. The van der Waals surface area contributed by atoms with E-state index in [1.54, 1.807) is 19.2 Å². The SMILES string of the molecule is COc1cc(Cl)c2[c]coc2c1. The molecule has 12 heavy (non-hydrogen) atoms. The van der Waals surface area contributed by atoms with E-state index in [0.717, 1.165) is 5.39 Å². The van der Waals surface area contributed by atoms with Gasteiger partial charge < -0.3 is 9.15 Å². The lowest BCUT2D eigenvalue weighted by atomic mass is 10.2. The molecule has 0 saturated heterocycles. The van der Waals surface area contributed by atoms with Gasteiger partial charge in [0.25, 0.3) is 0 Å². The molecule has 1 aromatic carbocycles. The van der Waals surface area contributed by atoms with Crippen LogP contribution in [0.1, 0.15) is 0 Å². The number of benzene rings is 1. The number of fused-ring (bicyclic) bond motifs is 1. The van der Waals surface area contributed by atoms with Gasteiger partial charge in [0.1, 0.15) is 11.3 Å². The summed E-state index contributed by atoms with van der Waals surface area (Å²) in [6.07, 6.45) is 1.48. The summed E-state index contributed by atoms with van der Waals surface area (Å²) in [6.45, 7) is 0. The van der Waals surface area contributed by atoms with Gasteiger partial charge in [-0.2, -0.15) is 0 Å². The van der Waals surface area contributed by atoms with Gasteiger partial charge in [0.15, 0.2) is 0 Å². The highest BCUT2D eigenvalue weighted by atomic mass is 35.5. The fourth-order valence-electron chi connectivity index (χ4n) is 1.06. The summed E-state index contributed by atoms with van der Waals surface area (Å²) in [4.78, 5) is 0. The molecule has 1 aromatic heterocycles. The van der Waals surface area contributed by atoms with E-state index < -0.39 is 0 Å². The van der Waals surface area contributed by atoms with E-state index in [0.29, 0.717) is 16.4 Å². The van der Waals surface area contributed by atoms with Crippen LogP contribution in [-0.4, -0.2) is 7.11 Å². The Balaban J connectivity index is 2.75. The number of furan rings is 1. The monoisotopic (exact) mass is 181 g/mol. The van der Waals surface area contributed by atoms with Gasteiger partial charge in [-0.05, 0) is 6.07 Å². The predicted molar refractivity (Wildman–Crippen MR) is 46.6 cm³/mol. The molecular weight excluding hydrogens is 176 g/mol. The van der Waals surface area contributed by atoms with E-state index in [1.165, 1.54) is 6.26 Å². The molecule has 2 nitrogen and oxygen atoms in total. The fraction of sp³-hybridized carbons (Fsp3) is 0.111. The first-order valence-electron chi connectivity index (χ1n) is 3.43. The molecule has 0 N–H and O–H groups in total. The molecular formula is C9H6ClO2. The van der Waals surface area contributed by atoms with Gasteiger partial charge >= 0.3 is 0 Å². The van der Waals surface area contributed by atoms with E-state index in [4.69, 9.17) is 20.8 Å². The van der Waals surface area contributed by atoms with Crippen LogP contribution in [0.4, 0.5) is 0 Å². The third kappa shape index (κ3) is 1.04. The van der Waals surface area contributed by atoms with Crippen molar-refractivity contribution < 1.29 is 9.15 Å². The zero-order valence-electron chi connectivity index (χ0n) is 6.43. The minimum atomic E-state index is 0.595. The molecule has 1 heterocycles. The fourth-order valence-corrected chi connectivity index (χ4v) is 1.32. The molecule has 0 unspecified atom stereocenters. The maximum Gasteiger partial charge on any atom is 0.139 e. The van der Waals surface area contributed by atoms with Crippen molar-refractivity contribution in [1.29, 1.82) is 0 Å². The summed E-state index contributed by atoms with van der Waals surface area (Å²) in [5, 5.41) is 1.38. The van der Waals surface area contributed by atoms with Crippen molar-refractivity contribution in [3.8, 4) is 5.75 Å². The summed E-state index contributed by atoms with van der Waals surface area (Å²) < 4.78 is 10.1. The second kappa shape index (κ2) is 2.72. The molecule has 0 aliphatic rings. The van der Waals surface area contributed by atoms with Crippen LogP contribution >= 0.6 is 11.6 Å². The van der Waals surface area contributed by atoms with Crippen LogP contribution in [0.25, 0.3) is 11.0 Å². The van der Waals surface area contributed by atoms with Crippen molar-refractivity contribution in [2.75, 3.05) is 7.11 Å². The van der Waals surface area contributed by atoms with Crippen molar-refractivity contribution in [1.82, 2.24) is 0 Å². The van der Waals surface area contributed by atoms with Crippen LogP contribution in [0.15, 0.2) is 22.8 Å². The first-order chi connectivity index (χ1) is 5.81. The highest BCUT2D eigenvalue weighted by Gasteiger charge is 2.04. The Morgan fingerprint density at radius 1 is 1.50 bits per heavy atom. The summed E-state index contributed by atoms with van der Waals surface area (Å²) >= 11 is 5.91. The Morgan fingerprint density at radius 2 is 2.33 bits per heavy atom. The quantitative estimate of drug-likeness (QED) is 0.675. The molecule has 0 spiro atoms.